The summed E-state index contributed by atoms with van der Waals surface area (Å²) in [6, 6.07) is 2.89. The Labute approximate surface area is 90.3 Å². The zero-order chi connectivity index (χ0) is 10.1. The predicted molar refractivity (Wildman–Crippen MR) is 55.7 cm³/mol. The lowest BCUT2D eigenvalue weighted by molar-refractivity contribution is 0.461. The summed E-state index contributed by atoms with van der Waals surface area (Å²) in [5, 5.41) is 12.5. The number of benzene rings is 1. The normalized spacial score (nSPS) is 21.4. The molecular formula is C10H11BrFNO. The Morgan fingerprint density at radius 1 is 1.50 bits per heavy atom. The molecule has 0 aromatic heterocycles. The Morgan fingerprint density at radius 3 is 2.93 bits per heavy atom. The Balaban J connectivity index is 2.37. The summed E-state index contributed by atoms with van der Waals surface area (Å²) >= 11 is 3.18. The molecule has 0 bridgehead atoms. The van der Waals surface area contributed by atoms with Crippen LogP contribution in [0.2, 0.25) is 0 Å². The minimum atomic E-state index is -0.342. The third-order valence-electron chi connectivity index (χ3n) is 2.50. The van der Waals surface area contributed by atoms with Gasteiger partial charge in [-0.2, -0.15) is 0 Å². The maximum Gasteiger partial charge on any atom is 0.132 e. The summed E-state index contributed by atoms with van der Waals surface area (Å²) in [5.74, 6) is -0.394. The first kappa shape index (κ1) is 9.93. The molecule has 76 valence electrons. The largest absolute Gasteiger partial charge is 0.507 e. The van der Waals surface area contributed by atoms with E-state index in [4.69, 9.17) is 0 Å². The van der Waals surface area contributed by atoms with E-state index in [1.165, 1.54) is 0 Å². The van der Waals surface area contributed by atoms with Gasteiger partial charge in [-0.25, -0.2) is 4.39 Å². The lowest BCUT2D eigenvalue weighted by Gasteiger charge is -2.12. The van der Waals surface area contributed by atoms with Crippen LogP contribution < -0.4 is 5.32 Å². The SMILES string of the molecule is Oc1cc(F)c(C2CCCN2)cc1Br. The van der Waals surface area contributed by atoms with E-state index in [9.17, 15) is 9.50 Å². The fourth-order valence-corrected chi connectivity index (χ4v) is 2.13. The molecule has 14 heavy (non-hydrogen) atoms. The van der Waals surface area contributed by atoms with Gasteiger partial charge in [-0.1, -0.05) is 0 Å². The molecule has 4 heteroatoms. The first-order chi connectivity index (χ1) is 6.68. The molecule has 0 saturated carbocycles. The molecule has 0 aliphatic carbocycles. The van der Waals surface area contributed by atoms with Crippen molar-refractivity contribution in [3.8, 4) is 5.75 Å². The van der Waals surface area contributed by atoms with Crippen molar-refractivity contribution < 1.29 is 9.50 Å². The van der Waals surface area contributed by atoms with E-state index in [1.807, 2.05) is 0 Å². The fourth-order valence-electron chi connectivity index (χ4n) is 1.77. The van der Waals surface area contributed by atoms with Gasteiger partial charge in [0, 0.05) is 17.7 Å². The Morgan fingerprint density at radius 2 is 2.29 bits per heavy atom. The monoisotopic (exact) mass is 259 g/mol. The molecule has 0 radical (unpaired) electrons. The number of aromatic hydroxyl groups is 1. The van der Waals surface area contributed by atoms with Gasteiger partial charge in [-0.15, -0.1) is 0 Å². The molecule has 1 aromatic rings. The number of nitrogens with one attached hydrogen (secondary N) is 1. The summed E-state index contributed by atoms with van der Waals surface area (Å²) in [4.78, 5) is 0. The van der Waals surface area contributed by atoms with E-state index in [0.29, 0.717) is 10.0 Å². The van der Waals surface area contributed by atoms with Crippen LogP contribution in [0.3, 0.4) is 0 Å². The highest BCUT2D eigenvalue weighted by atomic mass is 79.9. The molecule has 1 heterocycles. The highest BCUT2D eigenvalue weighted by Gasteiger charge is 2.20. The average Bonchev–Trinajstić information content (AvgIpc) is 2.64. The van der Waals surface area contributed by atoms with Crippen LogP contribution in [0.1, 0.15) is 24.4 Å². The van der Waals surface area contributed by atoms with Crippen molar-refractivity contribution in [1.82, 2.24) is 5.32 Å². The zero-order valence-electron chi connectivity index (χ0n) is 7.56. The first-order valence-electron chi connectivity index (χ1n) is 4.60. The average molecular weight is 260 g/mol. The van der Waals surface area contributed by atoms with Crippen molar-refractivity contribution in [1.29, 1.82) is 0 Å². The van der Waals surface area contributed by atoms with Gasteiger partial charge in [-0.05, 0) is 41.4 Å². The van der Waals surface area contributed by atoms with Crippen molar-refractivity contribution in [3.05, 3.63) is 28.0 Å². The van der Waals surface area contributed by atoms with Crippen molar-refractivity contribution >= 4 is 15.9 Å². The summed E-state index contributed by atoms with van der Waals surface area (Å²) in [7, 11) is 0. The second-order valence-electron chi connectivity index (χ2n) is 3.47. The lowest BCUT2D eigenvalue weighted by atomic mass is 10.0. The number of phenolic OH excluding ortho intramolecular Hbond substituents is 1. The van der Waals surface area contributed by atoms with Gasteiger partial charge in [0.05, 0.1) is 4.47 Å². The molecule has 1 saturated heterocycles. The van der Waals surface area contributed by atoms with Crippen LogP contribution in [-0.2, 0) is 0 Å². The molecule has 2 rings (SSSR count). The van der Waals surface area contributed by atoms with Crippen LogP contribution in [-0.4, -0.2) is 11.7 Å². The van der Waals surface area contributed by atoms with Gasteiger partial charge < -0.3 is 10.4 Å². The smallest absolute Gasteiger partial charge is 0.132 e. The minimum Gasteiger partial charge on any atom is -0.507 e. The molecule has 1 aliphatic heterocycles. The van der Waals surface area contributed by atoms with E-state index >= 15 is 0 Å². The highest BCUT2D eigenvalue weighted by Crippen LogP contribution is 2.32. The molecule has 1 aliphatic rings. The van der Waals surface area contributed by atoms with Crippen LogP contribution in [0, 0.1) is 5.82 Å². The topological polar surface area (TPSA) is 32.3 Å². The van der Waals surface area contributed by atoms with Gasteiger partial charge in [0.25, 0.3) is 0 Å². The predicted octanol–water partition coefficient (Wildman–Crippen LogP) is 2.72. The van der Waals surface area contributed by atoms with Crippen molar-refractivity contribution in [2.75, 3.05) is 6.54 Å². The first-order valence-corrected chi connectivity index (χ1v) is 5.39. The van der Waals surface area contributed by atoms with Gasteiger partial charge in [-0.3, -0.25) is 0 Å². The molecule has 1 aromatic carbocycles. The highest BCUT2D eigenvalue weighted by molar-refractivity contribution is 9.10. The summed E-state index contributed by atoms with van der Waals surface area (Å²) in [5.41, 5.74) is 0.632. The quantitative estimate of drug-likeness (QED) is 0.813. The summed E-state index contributed by atoms with van der Waals surface area (Å²) in [6.07, 6.45) is 2.02. The van der Waals surface area contributed by atoms with Gasteiger partial charge in [0.15, 0.2) is 0 Å². The number of rotatable bonds is 1. The second-order valence-corrected chi connectivity index (χ2v) is 4.33. The van der Waals surface area contributed by atoms with Crippen LogP contribution in [0.25, 0.3) is 0 Å². The molecule has 2 N–H and O–H groups in total. The second kappa shape index (κ2) is 3.87. The van der Waals surface area contributed by atoms with E-state index in [2.05, 4.69) is 21.2 Å². The third-order valence-corrected chi connectivity index (χ3v) is 3.14. The molecule has 0 amide bonds. The van der Waals surface area contributed by atoms with Gasteiger partial charge in [0.2, 0.25) is 0 Å². The van der Waals surface area contributed by atoms with Crippen molar-refractivity contribution in [2.24, 2.45) is 0 Å². The molecule has 0 spiro atoms. The van der Waals surface area contributed by atoms with Gasteiger partial charge in [0.1, 0.15) is 11.6 Å². The van der Waals surface area contributed by atoms with Crippen LogP contribution >= 0.6 is 15.9 Å². The van der Waals surface area contributed by atoms with Crippen LogP contribution in [0.4, 0.5) is 4.39 Å². The van der Waals surface area contributed by atoms with Crippen LogP contribution in [0.5, 0.6) is 5.75 Å². The maximum absolute atomic E-state index is 13.5. The molecule has 1 fully saturated rings. The van der Waals surface area contributed by atoms with Gasteiger partial charge >= 0.3 is 0 Å². The van der Waals surface area contributed by atoms with Crippen LogP contribution in [0.15, 0.2) is 16.6 Å². The Bertz CT molecular complexity index is 350. The minimum absolute atomic E-state index is 0.0516. The molecule has 2 nitrogen and oxygen atoms in total. The third kappa shape index (κ3) is 1.77. The Hall–Kier alpha value is -0.610. The molecule has 1 atom stereocenters. The number of halogens is 2. The van der Waals surface area contributed by atoms with E-state index in [-0.39, 0.29) is 17.6 Å². The summed E-state index contributed by atoms with van der Waals surface area (Å²) < 4.78 is 14.0. The standard InChI is InChI=1S/C10H11BrFNO/c11-7-4-6(8(12)5-10(7)14)9-2-1-3-13-9/h4-5,9,13-14H,1-3H2. The zero-order valence-corrected chi connectivity index (χ0v) is 9.14. The van der Waals surface area contributed by atoms with E-state index in [1.54, 1.807) is 6.07 Å². The molecule has 1 unspecified atom stereocenters. The van der Waals surface area contributed by atoms with Crippen molar-refractivity contribution in [3.63, 3.8) is 0 Å². The van der Waals surface area contributed by atoms with Crippen molar-refractivity contribution in [2.45, 2.75) is 18.9 Å². The Kier molecular flexibility index (Phi) is 2.74. The maximum atomic E-state index is 13.5. The van der Waals surface area contributed by atoms with E-state index < -0.39 is 0 Å². The fraction of sp³-hybridized carbons (Fsp3) is 0.400. The van der Waals surface area contributed by atoms with E-state index in [0.717, 1.165) is 25.5 Å². The molecular weight excluding hydrogens is 249 g/mol. The number of hydrogen-bond acceptors (Lipinski definition) is 2. The summed E-state index contributed by atoms with van der Waals surface area (Å²) in [6.45, 7) is 0.933. The number of hydrogen-bond donors (Lipinski definition) is 2. The lowest BCUT2D eigenvalue weighted by Crippen LogP contribution is -2.14. The number of phenols is 1.